The van der Waals surface area contributed by atoms with E-state index in [2.05, 4.69) is 0 Å². The zero-order valence-corrected chi connectivity index (χ0v) is 13.1. The summed E-state index contributed by atoms with van der Waals surface area (Å²) in [6.45, 7) is 0.445. The minimum atomic E-state index is 0.157. The summed E-state index contributed by atoms with van der Waals surface area (Å²) in [5, 5.41) is 11.5. The lowest BCUT2D eigenvalue weighted by Gasteiger charge is -2.14. The minimum absolute atomic E-state index is 0.157. The normalized spacial score (nSPS) is 10.5. The van der Waals surface area contributed by atoms with Crippen molar-refractivity contribution in [3.8, 4) is 23.0 Å². The van der Waals surface area contributed by atoms with E-state index in [1.54, 1.807) is 38.5 Å². The van der Waals surface area contributed by atoms with Crippen LogP contribution < -0.4 is 14.2 Å². The van der Waals surface area contributed by atoms with Crippen molar-refractivity contribution in [3.63, 3.8) is 0 Å². The van der Waals surface area contributed by atoms with Gasteiger partial charge in [0.1, 0.15) is 29.6 Å². The molecular formula is C19H18O4. The van der Waals surface area contributed by atoms with E-state index < -0.39 is 0 Å². The third-order valence-corrected chi connectivity index (χ3v) is 3.68. The van der Waals surface area contributed by atoms with Gasteiger partial charge in [-0.1, -0.05) is 30.3 Å². The molecular weight excluding hydrogens is 292 g/mol. The van der Waals surface area contributed by atoms with Gasteiger partial charge in [0.25, 0.3) is 0 Å². The summed E-state index contributed by atoms with van der Waals surface area (Å²) in [6, 6.07) is 16.8. The van der Waals surface area contributed by atoms with Crippen molar-refractivity contribution in [2.45, 2.75) is 6.61 Å². The average Bonchev–Trinajstić information content (AvgIpc) is 2.61. The molecule has 0 fully saturated rings. The Hall–Kier alpha value is -2.88. The number of fused-ring (bicyclic) bond motifs is 1. The predicted octanol–water partition coefficient (Wildman–Crippen LogP) is 4.14. The molecule has 4 heteroatoms. The summed E-state index contributed by atoms with van der Waals surface area (Å²) >= 11 is 0. The van der Waals surface area contributed by atoms with Crippen LogP contribution >= 0.6 is 0 Å². The van der Waals surface area contributed by atoms with Crippen LogP contribution in [-0.4, -0.2) is 19.3 Å². The monoisotopic (exact) mass is 310 g/mol. The van der Waals surface area contributed by atoms with E-state index in [0.29, 0.717) is 29.2 Å². The van der Waals surface area contributed by atoms with Crippen LogP contribution in [0.2, 0.25) is 0 Å². The fourth-order valence-corrected chi connectivity index (χ4v) is 2.53. The lowest BCUT2D eigenvalue weighted by atomic mass is 10.1. The van der Waals surface area contributed by atoms with Crippen LogP contribution in [0.15, 0.2) is 54.6 Å². The van der Waals surface area contributed by atoms with Gasteiger partial charge in [-0.2, -0.15) is 0 Å². The van der Waals surface area contributed by atoms with Gasteiger partial charge in [0.05, 0.1) is 19.6 Å². The molecule has 0 heterocycles. The Balaban J connectivity index is 2.01. The molecule has 23 heavy (non-hydrogen) atoms. The summed E-state index contributed by atoms with van der Waals surface area (Å²) in [6.07, 6.45) is 0. The van der Waals surface area contributed by atoms with Crippen LogP contribution in [0.4, 0.5) is 0 Å². The second-order valence-corrected chi connectivity index (χ2v) is 5.11. The highest BCUT2D eigenvalue weighted by atomic mass is 16.5. The predicted molar refractivity (Wildman–Crippen MR) is 89.5 cm³/mol. The van der Waals surface area contributed by atoms with Gasteiger partial charge in [-0.05, 0) is 23.8 Å². The van der Waals surface area contributed by atoms with Gasteiger partial charge in [0.2, 0.25) is 0 Å². The van der Waals surface area contributed by atoms with E-state index in [0.717, 1.165) is 10.9 Å². The van der Waals surface area contributed by atoms with Gasteiger partial charge in [0.15, 0.2) is 0 Å². The number of aromatic hydroxyl groups is 1. The summed E-state index contributed by atoms with van der Waals surface area (Å²) in [7, 11) is 3.17. The number of hydrogen-bond donors (Lipinski definition) is 1. The van der Waals surface area contributed by atoms with Gasteiger partial charge in [-0.25, -0.2) is 0 Å². The molecule has 4 nitrogen and oxygen atoms in total. The Morgan fingerprint density at radius 2 is 1.61 bits per heavy atom. The first-order valence-electron chi connectivity index (χ1n) is 7.27. The molecule has 0 spiro atoms. The quantitative estimate of drug-likeness (QED) is 0.769. The molecule has 0 saturated carbocycles. The van der Waals surface area contributed by atoms with Gasteiger partial charge < -0.3 is 19.3 Å². The highest BCUT2D eigenvalue weighted by Crippen LogP contribution is 2.41. The van der Waals surface area contributed by atoms with Crippen molar-refractivity contribution in [2.24, 2.45) is 0 Å². The number of phenols is 1. The summed E-state index contributed by atoms with van der Waals surface area (Å²) in [4.78, 5) is 0. The number of rotatable bonds is 5. The molecule has 0 bridgehead atoms. The molecule has 3 aromatic carbocycles. The van der Waals surface area contributed by atoms with Crippen molar-refractivity contribution in [2.75, 3.05) is 14.2 Å². The van der Waals surface area contributed by atoms with Crippen LogP contribution in [0.5, 0.6) is 23.0 Å². The molecule has 0 aliphatic heterocycles. The summed E-state index contributed by atoms with van der Waals surface area (Å²) < 4.78 is 16.6. The summed E-state index contributed by atoms with van der Waals surface area (Å²) in [5.74, 6) is 2.02. The van der Waals surface area contributed by atoms with Crippen LogP contribution in [-0.2, 0) is 6.61 Å². The van der Waals surface area contributed by atoms with E-state index in [-0.39, 0.29) is 5.75 Å². The van der Waals surface area contributed by atoms with Gasteiger partial charge in [-0.3, -0.25) is 0 Å². The molecule has 0 saturated heterocycles. The Bertz CT molecular complexity index is 812. The average molecular weight is 310 g/mol. The Kier molecular flexibility index (Phi) is 4.24. The van der Waals surface area contributed by atoms with Crippen molar-refractivity contribution < 1.29 is 19.3 Å². The van der Waals surface area contributed by atoms with Gasteiger partial charge in [-0.15, -0.1) is 0 Å². The Morgan fingerprint density at radius 1 is 0.870 bits per heavy atom. The van der Waals surface area contributed by atoms with E-state index in [4.69, 9.17) is 14.2 Å². The zero-order valence-electron chi connectivity index (χ0n) is 13.1. The van der Waals surface area contributed by atoms with Crippen molar-refractivity contribution in [3.05, 3.63) is 60.2 Å². The van der Waals surface area contributed by atoms with Crippen molar-refractivity contribution in [1.82, 2.24) is 0 Å². The second kappa shape index (κ2) is 6.48. The third kappa shape index (κ3) is 3.01. The molecule has 0 atom stereocenters. The Labute approximate surface area is 134 Å². The fraction of sp³-hybridized carbons (Fsp3) is 0.158. The molecule has 3 aromatic rings. The highest BCUT2D eigenvalue weighted by Gasteiger charge is 2.14. The standard InChI is InChI=1S/C19H18O4/c1-21-17-9-8-16(20)15-10-14(11-18(22-2)19(15)17)23-12-13-6-4-3-5-7-13/h3-11,20H,12H2,1-2H3. The first-order chi connectivity index (χ1) is 11.2. The molecule has 118 valence electrons. The number of benzene rings is 3. The van der Waals surface area contributed by atoms with Crippen molar-refractivity contribution >= 4 is 10.8 Å². The first-order valence-corrected chi connectivity index (χ1v) is 7.27. The smallest absolute Gasteiger partial charge is 0.134 e. The zero-order chi connectivity index (χ0) is 16.2. The number of ether oxygens (including phenoxy) is 3. The van der Waals surface area contributed by atoms with Crippen LogP contribution in [0.1, 0.15) is 5.56 Å². The van der Waals surface area contributed by atoms with Crippen LogP contribution in [0.25, 0.3) is 10.8 Å². The van der Waals surface area contributed by atoms with E-state index in [9.17, 15) is 5.11 Å². The first kappa shape index (κ1) is 15.0. The van der Waals surface area contributed by atoms with Crippen molar-refractivity contribution in [1.29, 1.82) is 0 Å². The van der Waals surface area contributed by atoms with Gasteiger partial charge >= 0.3 is 0 Å². The van der Waals surface area contributed by atoms with E-state index >= 15 is 0 Å². The Morgan fingerprint density at radius 3 is 2.30 bits per heavy atom. The third-order valence-electron chi connectivity index (χ3n) is 3.68. The maximum absolute atomic E-state index is 10.2. The molecule has 1 N–H and O–H groups in total. The topological polar surface area (TPSA) is 47.9 Å². The number of phenolic OH excluding ortho intramolecular Hbond substituents is 1. The summed E-state index contributed by atoms with van der Waals surface area (Å²) in [5.41, 5.74) is 1.07. The molecule has 0 amide bonds. The van der Waals surface area contributed by atoms with Crippen LogP contribution in [0, 0.1) is 0 Å². The molecule has 0 aromatic heterocycles. The lowest BCUT2D eigenvalue weighted by Crippen LogP contribution is -1.97. The number of methoxy groups -OCH3 is 2. The van der Waals surface area contributed by atoms with Gasteiger partial charge in [0, 0.05) is 11.5 Å². The lowest BCUT2D eigenvalue weighted by molar-refractivity contribution is 0.304. The van der Waals surface area contributed by atoms with E-state index in [1.807, 2.05) is 30.3 Å². The molecule has 0 unspecified atom stereocenters. The second-order valence-electron chi connectivity index (χ2n) is 5.11. The molecule has 3 rings (SSSR count). The van der Waals surface area contributed by atoms with Crippen LogP contribution in [0.3, 0.4) is 0 Å². The number of hydrogen-bond acceptors (Lipinski definition) is 4. The molecule has 0 aliphatic rings. The van der Waals surface area contributed by atoms with E-state index in [1.165, 1.54) is 0 Å². The molecule has 0 aliphatic carbocycles. The largest absolute Gasteiger partial charge is 0.507 e. The fourth-order valence-electron chi connectivity index (χ4n) is 2.53. The maximum Gasteiger partial charge on any atom is 0.134 e. The SMILES string of the molecule is COc1ccc(O)c2cc(OCc3ccccc3)cc(OC)c12. The maximum atomic E-state index is 10.2. The molecule has 0 radical (unpaired) electrons. The highest BCUT2D eigenvalue weighted by molar-refractivity contribution is 5.98. The minimum Gasteiger partial charge on any atom is -0.507 e.